The zero-order valence-electron chi connectivity index (χ0n) is 7.38. The molecule has 1 aliphatic heterocycles. The molecule has 1 aliphatic rings. The van der Waals surface area contributed by atoms with Gasteiger partial charge in [0.2, 0.25) is 3.79 Å². The molecule has 0 spiro atoms. The molecule has 2 rings (SSSR count). The lowest BCUT2D eigenvalue weighted by molar-refractivity contribution is -0.106. The molecular formula is C11H8INO. The van der Waals surface area contributed by atoms with Crippen molar-refractivity contribution in [2.75, 3.05) is 5.32 Å². The molecule has 1 aromatic carbocycles. The van der Waals surface area contributed by atoms with Crippen LogP contribution < -0.4 is 5.32 Å². The van der Waals surface area contributed by atoms with E-state index in [0.717, 1.165) is 11.3 Å². The Morgan fingerprint density at radius 1 is 1.36 bits per heavy atom. The highest BCUT2D eigenvalue weighted by Gasteiger charge is 2.16. The van der Waals surface area contributed by atoms with Crippen LogP contribution in [0.4, 0.5) is 5.69 Å². The monoisotopic (exact) mass is 297 g/mol. The Bertz CT molecular complexity index is 448. The first-order valence-corrected chi connectivity index (χ1v) is 5.23. The van der Waals surface area contributed by atoms with E-state index in [2.05, 4.69) is 11.9 Å². The van der Waals surface area contributed by atoms with E-state index in [-0.39, 0.29) is 3.79 Å². The van der Waals surface area contributed by atoms with Gasteiger partial charge in [0.1, 0.15) is 0 Å². The molecule has 14 heavy (non-hydrogen) atoms. The number of nitrogens with one attached hydrogen (secondary N) is 1. The molecule has 1 aromatic rings. The Balaban J connectivity index is 2.54. The highest BCUT2D eigenvalue weighted by atomic mass is 127. The van der Waals surface area contributed by atoms with Gasteiger partial charge in [0.05, 0.1) is 5.57 Å². The minimum Gasteiger partial charge on any atom is -0.355 e. The van der Waals surface area contributed by atoms with Crippen LogP contribution in [0, 0.1) is 0 Å². The van der Waals surface area contributed by atoms with Crippen LogP contribution in [0.25, 0.3) is 6.08 Å². The predicted molar refractivity (Wildman–Crippen MR) is 66.2 cm³/mol. The van der Waals surface area contributed by atoms with Gasteiger partial charge < -0.3 is 5.32 Å². The molecule has 2 nitrogen and oxygen atoms in total. The number of hydrogen-bond acceptors (Lipinski definition) is 2. The summed E-state index contributed by atoms with van der Waals surface area (Å²) in [5.41, 5.74) is 3.34. The number of hydrogen-bond donors (Lipinski definition) is 1. The van der Waals surface area contributed by atoms with Crippen LogP contribution in [0.3, 0.4) is 0 Å². The standard InChI is InChI=1S/C11H8INO/c1-7-9(11(12)14)6-8-4-2-3-5-10(8)13-7/h2-6,13H,1H2. The number of allylic oxidation sites excluding steroid dienone is 1. The van der Waals surface area contributed by atoms with Crippen LogP contribution >= 0.6 is 22.6 Å². The lowest BCUT2D eigenvalue weighted by atomic mass is 10.0. The van der Waals surface area contributed by atoms with Crippen LogP contribution in [0.15, 0.2) is 42.1 Å². The van der Waals surface area contributed by atoms with Gasteiger partial charge in [0.15, 0.2) is 0 Å². The summed E-state index contributed by atoms with van der Waals surface area (Å²) in [6.45, 7) is 3.81. The Morgan fingerprint density at radius 3 is 2.79 bits per heavy atom. The van der Waals surface area contributed by atoms with E-state index in [1.165, 1.54) is 0 Å². The van der Waals surface area contributed by atoms with Gasteiger partial charge >= 0.3 is 0 Å². The molecule has 0 aromatic heterocycles. The van der Waals surface area contributed by atoms with Crippen molar-refractivity contribution in [3.8, 4) is 0 Å². The Morgan fingerprint density at radius 2 is 2.07 bits per heavy atom. The van der Waals surface area contributed by atoms with Crippen molar-refractivity contribution in [3.63, 3.8) is 0 Å². The molecule has 3 heteroatoms. The number of carbonyl (C=O) groups is 1. The zero-order chi connectivity index (χ0) is 10.1. The molecule has 1 N–H and O–H groups in total. The molecule has 0 saturated carbocycles. The van der Waals surface area contributed by atoms with Gasteiger partial charge in [-0.2, -0.15) is 0 Å². The van der Waals surface area contributed by atoms with Crippen LogP contribution in [0.1, 0.15) is 5.56 Å². The third kappa shape index (κ3) is 1.59. The van der Waals surface area contributed by atoms with E-state index >= 15 is 0 Å². The average Bonchev–Trinajstić information content (AvgIpc) is 2.16. The first-order chi connectivity index (χ1) is 6.68. The van der Waals surface area contributed by atoms with Crippen molar-refractivity contribution in [3.05, 3.63) is 47.7 Å². The van der Waals surface area contributed by atoms with Crippen LogP contribution in [0.5, 0.6) is 0 Å². The average molecular weight is 297 g/mol. The maximum atomic E-state index is 11.2. The van der Waals surface area contributed by atoms with E-state index in [0.29, 0.717) is 11.3 Å². The summed E-state index contributed by atoms with van der Waals surface area (Å²) in [4.78, 5) is 11.2. The Hall–Kier alpha value is -1.10. The van der Waals surface area contributed by atoms with Gasteiger partial charge in [-0.15, -0.1) is 0 Å². The summed E-state index contributed by atoms with van der Waals surface area (Å²) in [6.07, 6.45) is 1.86. The number of benzene rings is 1. The fourth-order valence-corrected chi connectivity index (χ4v) is 1.87. The molecule has 0 atom stereocenters. The minimum absolute atomic E-state index is 0.00889. The largest absolute Gasteiger partial charge is 0.355 e. The zero-order valence-corrected chi connectivity index (χ0v) is 9.54. The summed E-state index contributed by atoms with van der Waals surface area (Å²) in [5, 5.41) is 3.10. The summed E-state index contributed by atoms with van der Waals surface area (Å²) in [5.74, 6) is 0. The number of carbonyl (C=O) groups excluding carboxylic acids is 1. The minimum atomic E-state index is 0.00889. The Kier molecular flexibility index (Phi) is 2.41. The van der Waals surface area contributed by atoms with Crippen LogP contribution in [-0.2, 0) is 4.79 Å². The summed E-state index contributed by atoms with van der Waals surface area (Å²) in [6, 6.07) is 7.82. The summed E-state index contributed by atoms with van der Waals surface area (Å²) >= 11 is 1.77. The molecule has 0 aliphatic carbocycles. The maximum absolute atomic E-state index is 11.2. The van der Waals surface area contributed by atoms with Gasteiger partial charge in [-0.25, -0.2) is 0 Å². The normalized spacial score (nSPS) is 14.1. The molecule has 0 saturated heterocycles. The number of rotatable bonds is 1. The second kappa shape index (κ2) is 3.57. The Labute approximate surface area is 95.8 Å². The number of fused-ring (bicyclic) bond motifs is 1. The number of anilines is 1. The van der Waals surface area contributed by atoms with Crippen molar-refractivity contribution in [1.82, 2.24) is 0 Å². The van der Waals surface area contributed by atoms with Crippen molar-refractivity contribution in [1.29, 1.82) is 0 Å². The van der Waals surface area contributed by atoms with E-state index in [1.807, 2.05) is 30.3 Å². The molecule has 0 unspecified atom stereocenters. The van der Waals surface area contributed by atoms with E-state index in [1.54, 1.807) is 22.6 Å². The predicted octanol–water partition coefficient (Wildman–Crippen LogP) is 2.97. The summed E-state index contributed by atoms with van der Waals surface area (Å²) < 4.78 is 0.00889. The molecule has 0 amide bonds. The maximum Gasteiger partial charge on any atom is 0.224 e. The number of para-hydroxylation sites is 1. The van der Waals surface area contributed by atoms with Gasteiger partial charge in [-0.1, -0.05) is 24.8 Å². The molecule has 0 radical (unpaired) electrons. The molecule has 0 fully saturated rings. The summed E-state index contributed by atoms with van der Waals surface area (Å²) in [7, 11) is 0. The third-order valence-corrected chi connectivity index (χ3v) is 2.66. The van der Waals surface area contributed by atoms with E-state index < -0.39 is 0 Å². The molecule has 70 valence electrons. The van der Waals surface area contributed by atoms with Crippen molar-refractivity contribution in [2.45, 2.75) is 0 Å². The highest BCUT2D eigenvalue weighted by molar-refractivity contribution is 14.1. The third-order valence-electron chi connectivity index (χ3n) is 2.08. The first kappa shape index (κ1) is 9.45. The van der Waals surface area contributed by atoms with Gasteiger partial charge in [-0.05, 0) is 17.7 Å². The molecular weight excluding hydrogens is 289 g/mol. The van der Waals surface area contributed by atoms with Crippen molar-refractivity contribution in [2.24, 2.45) is 0 Å². The SMILES string of the molecule is C=C1Nc2ccccc2C=C1C(=O)I. The second-order valence-electron chi connectivity index (χ2n) is 3.02. The second-order valence-corrected chi connectivity index (χ2v) is 4.00. The van der Waals surface area contributed by atoms with Crippen molar-refractivity contribution < 1.29 is 4.79 Å². The molecule has 1 heterocycles. The van der Waals surface area contributed by atoms with Gasteiger partial charge in [0.25, 0.3) is 0 Å². The van der Waals surface area contributed by atoms with Crippen LogP contribution in [-0.4, -0.2) is 3.79 Å². The smallest absolute Gasteiger partial charge is 0.224 e. The fourth-order valence-electron chi connectivity index (χ4n) is 1.38. The lowest BCUT2D eigenvalue weighted by Gasteiger charge is -2.18. The highest BCUT2D eigenvalue weighted by Crippen LogP contribution is 2.29. The van der Waals surface area contributed by atoms with E-state index in [4.69, 9.17) is 0 Å². The lowest BCUT2D eigenvalue weighted by Crippen LogP contribution is -2.10. The fraction of sp³-hybridized carbons (Fsp3) is 0. The van der Waals surface area contributed by atoms with Crippen molar-refractivity contribution >= 4 is 38.1 Å². The first-order valence-electron chi connectivity index (χ1n) is 4.15. The topological polar surface area (TPSA) is 29.1 Å². The number of halogens is 1. The molecule has 0 bridgehead atoms. The quantitative estimate of drug-likeness (QED) is 0.638. The van der Waals surface area contributed by atoms with Crippen LogP contribution in [0.2, 0.25) is 0 Å². The van der Waals surface area contributed by atoms with E-state index in [9.17, 15) is 4.79 Å². The van der Waals surface area contributed by atoms with Gasteiger partial charge in [0, 0.05) is 34.0 Å². The van der Waals surface area contributed by atoms with Gasteiger partial charge in [-0.3, -0.25) is 4.79 Å².